The summed E-state index contributed by atoms with van der Waals surface area (Å²) in [5.41, 5.74) is 7.03. The van der Waals surface area contributed by atoms with Gasteiger partial charge in [0.05, 0.1) is 0 Å². The maximum Gasteiger partial charge on any atom is 0.231 e. The van der Waals surface area contributed by atoms with E-state index >= 15 is 0 Å². The van der Waals surface area contributed by atoms with Crippen molar-refractivity contribution in [2.75, 3.05) is 32.2 Å². The lowest BCUT2D eigenvalue weighted by Crippen LogP contribution is -2.51. The fourth-order valence-corrected chi connectivity index (χ4v) is 13.9. The van der Waals surface area contributed by atoms with Gasteiger partial charge in [-0.2, -0.15) is 0 Å². The Morgan fingerprint density at radius 1 is 0.833 bits per heavy atom. The number of hydrogen-bond acceptors (Lipinski definition) is 4. The van der Waals surface area contributed by atoms with Crippen LogP contribution in [0.2, 0.25) is 16.6 Å². The monoisotopic (exact) mass is 505 g/mol. The third kappa shape index (κ3) is 4.22. The lowest BCUT2D eigenvalue weighted by Gasteiger charge is -2.44. The molecule has 1 N–H and O–H groups in total. The van der Waals surface area contributed by atoms with Crippen LogP contribution in [0.15, 0.2) is 42.6 Å². The van der Waals surface area contributed by atoms with E-state index in [1.165, 1.54) is 36.8 Å². The van der Waals surface area contributed by atoms with E-state index in [0.29, 0.717) is 29.3 Å². The number of piperidine rings is 1. The molecule has 0 spiro atoms. The average molecular weight is 506 g/mol. The molecule has 1 saturated heterocycles. The summed E-state index contributed by atoms with van der Waals surface area (Å²) in [7, 11) is 0.340. The first kappa shape index (κ1) is 25.2. The first-order valence-electron chi connectivity index (χ1n) is 13.7. The summed E-state index contributed by atoms with van der Waals surface area (Å²) in [6.07, 6.45) is 5.08. The van der Waals surface area contributed by atoms with Crippen molar-refractivity contribution in [3.8, 4) is 11.5 Å². The quantitative estimate of drug-likeness (QED) is 0.331. The Hall–Kier alpha value is -2.44. The van der Waals surface area contributed by atoms with Crippen LogP contribution in [0.5, 0.6) is 11.5 Å². The van der Waals surface area contributed by atoms with Crippen molar-refractivity contribution in [1.82, 2.24) is 9.13 Å². The zero-order valence-corrected chi connectivity index (χ0v) is 24.1. The molecule has 36 heavy (non-hydrogen) atoms. The number of fused-ring (bicyclic) bond motifs is 2. The molecular formula is C30H43N3O2Si. The van der Waals surface area contributed by atoms with Crippen LogP contribution in [-0.4, -0.2) is 44.3 Å². The van der Waals surface area contributed by atoms with Crippen LogP contribution < -0.4 is 14.8 Å². The van der Waals surface area contributed by atoms with Crippen LogP contribution in [0, 0.1) is 0 Å². The van der Waals surface area contributed by atoms with E-state index in [-0.39, 0.29) is 0 Å². The molecule has 2 aliphatic rings. The summed E-state index contributed by atoms with van der Waals surface area (Å²) in [6.45, 7) is 17.4. The Morgan fingerprint density at radius 3 is 2.11 bits per heavy atom. The maximum absolute atomic E-state index is 5.60. The number of ether oxygens (including phenoxy) is 2. The lowest BCUT2D eigenvalue weighted by molar-refractivity contribution is 0.174. The fourth-order valence-electron chi connectivity index (χ4n) is 7.27. The van der Waals surface area contributed by atoms with Crippen molar-refractivity contribution in [2.24, 2.45) is 0 Å². The highest BCUT2D eigenvalue weighted by atomic mass is 28.3. The minimum Gasteiger partial charge on any atom is -0.454 e. The number of hydrogen-bond donors (Lipinski definition) is 1. The fraction of sp³-hybridized carbons (Fsp3) is 0.533. The first-order valence-corrected chi connectivity index (χ1v) is 15.9. The van der Waals surface area contributed by atoms with Crippen molar-refractivity contribution in [3.05, 3.63) is 48.2 Å². The standard InChI is InChI=1S/C30H43N3O2Si/c1-20(2)36(21(3)4,22(5)6)33-18-27(23-12-14-32(7)15-13-23)26-10-8-24(16-28(26)33)31-25-9-11-29-30(17-25)35-19-34-29/h8-11,16-18,20-23,31H,12-15,19H2,1-7H3. The predicted octanol–water partition coefficient (Wildman–Crippen LogP) is 7.95. The molecule has 3 aromatic rings. The van der Waals surface area contributed by atoms with Gasteiger partial charge >= 0.3 is 0 Å². The second kappa shape index (κ2) is 9.79. The van der Waals surface area contributed by atoms with Crippen molar-refractivity contribution < 1.29 is 9.47 Å². The molecule has 2 aliphatic heterocycles. The van der Waals surface area contributed by atoms with Crippen LogP contribution in [0.1, 0.15) is 65.9 Å². The van der Waals surface area contributed by atoms with Gasteiger partial charge in [-0.1, -0.05) is 47.6 Å². The van der Waals surface area contributed by atoms with Gasteiger partial charge in [0.2, 0.25) is 6.79 Å². The summed E-state index contributed by atoms with van der Waals surface area (Å²) < 4.78 is 13.9. The van der Waals surface area contributed by atoms with Crippen molar-refractivity contribution in [3.63, 3.8) is 0 Å². The Bertz CT molecular complexity index is 1200. The number of nitrogens with one attached hydrogen (secondary N) is 1. The summed E-state index contributed by atoms with van der Waals surface area (Å²) in [5, 5.41) is 5.09. The van der Waals surface area contributed by atoms with Gasteiger partial charge in [-0.25, -0.2) is 0 Å². The Labute approximate surface area is 217 Å². The summed E-state index contributed by atoms with van der Waals surface area (Å²) in [4.78, 5) is 2.47. The molecule has 194 valence electrons. The molecule has 0 unspecified atom stereocenters. The maximum atomic E-state index is 5.60. The smallest absolute Gasteiger partial charge is 0.231 e. The van der Waals surface area contributed by atoms with E-state index in [1.807, 2.05) is 12.1 Å². The molecule has 0 atom stereocenters. The van der Waals surface area contributed by atoms with E-state index in [0.717, 1.165) is 22.9 Å². The molecule has 0 saturated carbocycles. The number of rotatable bonds is 7. The molecule has 0 bridgehead atoms. The minimum absolute atomic E-state index is 0.296. The van der Waals surface area contributed by atoms with Crippen molar-refractivity contribution in [2.45, 2.75) is 76.9 Å². The van der Waals surface area contributed by atoms with E-state index in [2.05, 4.69) is 93.5 Å². The summed E-state index contributed by atoms with van der Waals surface area (Å²) in [5.74, 6) is 2.25. The van der Waals surface area contributed by atoms with Gasteiger partial charge < -0.3 is 23.9 Å². The minimum atomic E-state index is -1.91. The molecular weight excluding hydrogens is 462 g/mol. The van der Waals surface area contributed by atoms with Crippen molar-refractivity contribution >= 4 is 30.5 Å². The second-order valence-electron chi connectivity index (χ2n) is 11.8. The van der Waals surface area contributed by atoms with Gasteiger partial charge in [0.25, 0.3) is 0 Å². The van der Waals surface area contributed by atoms with Gasteiger partial charge in [-0.15, -0.1) is 0 Å². The Kier molecular flexibility index (Phi) is 6.86. The van der Waals surface area contributed by atoms with Crippen molar-refractivity contribution in [1.29, 1.82) is 0 Å². The highest BCUT2D eigenvalue weighted by Crippen LogP contribution is 2.47. The van der Waals surface area contributed by atoms with Gasteiger partial charge in [-0.3, -0.25) is 0 Å². The zero-order chi connectivity index (χ0) is 25.6. The lowest BCUT2D eigenvalue weighted by atomic mass is 9.89. The van der Waals surface area contributed by atoms with Gasteiger partial charge in [-0.05, 0) is 91.5 Å². The highest BCUT2D eigenvalue weighted by Gasteiger charge is 2.46. The van der Waals surface area contributed by atoms with E-state index in [4.69, 9.17) is 9.47 Å². The third-order valence-electron chi connectivity index (χ3n) is 8.85. The molecule has 0 amide bonds. The molecule has 2 aromatic carbocycles. The van der Waals surface area contributed by atoms with E-state index in [1.54, 1.807) is 5.56 Å². The predicted molar refractivity (Wildman–Crippen MR) is 154 cm³/mol. The van der Waals surface area contributed by atoms with Gasteiger partial charge in [0, 0.05) is 28.3 Å². The SMILES string of the molecule is CC(C)[Si](C(C)C)(C(C)C)n1cc(C2CCN(C)CC2)c2ccc(Nc3ccc4c(c3)OCO4)cc21. The molecule has 6 heteroatoms. The van der Waals surface area contributed by atoms with E-state index < -0.39 is 8.24 Å². The van der Waals surface area contributed by atoms with Gasteiger partial charge in [0.15, 0.2) is 19.7 Å². The van der Waals surface area contributed by atoms with Gasteiger partial charge in [0.1, 0.15) is 0 Å². The molecule has 1 fully saturated rings. The second-order valence-corrected chi connectivity index (χ2v) is 17.5. The van der Waals surface area contributed by atoms with Crippen LogP contribution in [-0.2, 0) is 0 Å². The Balaban J connectivity index is 1.63. The average Bonchev–Trinajstić information content (AvgIpc) is 3.44. The molecule has 0 radical (unpaired) electrons. The van der Waals surface area contributed by atoms with Crippen LogP contribution in [0.3, 0.4) is 0 Å². The third-order valence-corrected chi connectivity index (χ3v) is 15.6. The normalized spacial score (nSPS) is 17.2. The first-order chi connectivity index (χ1) is 17.2. The molecule has 5 rings (SSSR count). The number of likely N-dealkylation sites (tertiary alicyclic amines) is 1. The van der Waals surface area contributed by atoms with Crippen LogP contribution >= 0.6 is 0 Å². The zero-order valence-electron chi connectivity index (χ0n) is 23.1. The van der Waals surface area contributed by atoms with Crippen LogP contribution in [0.4, 0.5) is 11.4 Å². The highest BCUT2D eigenvalue weighted by molar-refractivity contribution is 6.82. The number of anilines is 2. The molecule has 3 heterocycles. The summed E-state index contributed by atoms with van der Waals surface area (Å²) >= 11 is 0. The largest absolute Gasteiger partial charge is 0.454 e. The summed E-state index contributed by atoms with van der Waals surface area (Å²) in [6, 6.07) is 13.1. The molecule has 5 nitrogen and oxygen atoms in total. The van der Waals surface area contributed by atoms with Crippen LogP contribution in [0.25, 0.3) is 10.9 Å². The number of aromatic nitrogens is 1. The topological polar surface area (TPSA) is 38.7 Å². The Morgan fingerprint density at radius 2 is 1.44 bits per heavy atom. The number of benzene rings is 2. The molecule has 0 aliphatic carbocycles. The number of nitrogens with zero attached hydrogens (tertiary/aromatic N) is 2. The van der Waals surface area contributed by atoms with E-state index in [9.17, 15) is 0 Å². The molecule has 1 aromatic heterocycles.